The van der Waals surface area contributed by atoms with Gasteiger partial charge >= 0.3 is 6.18 Å². The monoisotopic (exact) mass is 409 g/mol. The molecule has 30 heavy (non-hydrogen) atoms. The highest BCUT2D eigenvalue weighted by Crippen LogP contribution is 2.37. The van der Waals surface area contributed by atoms with Gasteiger partial charge in [-0.05, 0) is 24.3 Å². The molecule has 0 saturated carbocycles. The lowest BCUT2D eigenvalue weighted by Gasteiger charge is -2.12. The summed E-state index contributed by atoms with van der Waals surface area (Å²) in [5, 5.41) is 0. The molecule has 0 fully saturated rings. The molecule has 0 aliphatic heterocycles. The van der Waals surface area contributed by atoms with Crippen LogP contribution in [0.1, 0.15) is 5.56 Å². The Labute approximate surface area is 171 Å². The van der Waals surface area contributed by atoms with Gasteiger partial charge in [-0.3, -0.25) is 9.55 Å². The van der Waals surface area contributed by atoms with Crippen molar-refractivity contribution in [3.63, 3.8) is 0 Å². The van der Waals surface area contributed by atoms with Gasteiger partial charge in [0.25, 0.3) is 0 Å². The van der Waals surface area contributed by atoms with Crippen LogP contribution in [0.5, 0.6) is 0 Å². The van der Waals surface area contributed by atoms with Crippen LogP contribution in [0.2, 0.25) is 0 Å². The maximum atomic E-state index is 13.0. The van der Waals surface area contributed by atoms with E-state index in [1.54, 1.807) is 19.5 Å². The largest absolute Gasteiger partial charge is 0.416 e. The summed E-state index contributed by atoms with van der Waals surface area (Å²) in [6.45, 7) is 0.232. The maximum Gasteiger partial charge on any atom is 0.416 e. The van der Waals surface area contributed by atoms with Crippen molar-refractivity contribution in [2.45, 2.75) is 12.9 Å². The lowest BCUT2D eigenvalue weighted by molar-refractivity contribution is -0.137. The Morgan fingerprint density at radius 1 is 0.833 bits per heavy atom. The summed E-state index contributed by atoms with van der Waals surface area (Å²) < 4.78 is 46.4. The Hall–Kier alpha value is -3.45. The molecule has 0 N–H and O–H groups in total. The third-order valence-corrected chi connectivity index (χ3v) is 4.70. The van der Waals surface area contributed by atoms with Gasteiger partial charge in [0.2, 0.25) is 0 Å². The molecule has 2 heterocycles. The molecule has 0 bridgehead atoms. The molecular weight excluding hydrogens is 391 g/mol. The number of benzene rings is 2. The van der Waals surface area contributed by atoms with Crippen molar-refractivity contribution in [1.29, 1.82) is 0 Å². The minimum Gasteiger partial charge on any atom is -0.364 e. The second kappa shape index (κ2) is 8.12. The van der Waals surface area contributed by atoms with Crippen LogP contribution >= 0.6 is 0 Å². The zero-order valence-corrected chi connectivity index (χ0v) is 16.1. The predicted molar refractivity (Wildman–Crippen MR) is 108 cm³/mol. The second-order valence-corrected chi connectivity index (χ2v) is 6.66. The van der Waals surface area contributed by atoms with Crippen molar-refractivity contribution in [2.24, 2.45) is 0 Å². The lowest BCUT2D eigenvalue weighted by atomic mass is 10.0. The number of halogens is 3. The molecule has 0 atom stereocenters. The quantitative estimate of drug-likeness (QED) is 0.412. The second-order valence-electron chi connectivity index (χ2n) is 6.66. The van der Waals surface area contributed by atoms with E-state index in [2.05, 4.69) is 4.98 Å². The first-order valence-electron chi connectivity index (χ1n) is 9.22. The number of methoxy groups -OCH3 is 1. The zero-order chi connectivity index (χ0) is 21.1. The fourth-order valence-corrected chi connectivity index (χ4v) is 3.34. The van der Waals surface area contributed by atoms with Gasteiger partial charge in [0.1, 0.15) is 12.6 Å². The molecule has 0 amide bonds. The minimum absolute atomic E-state index is 0.232. The van der Waals surface area contributed by atoms with E-state index >= 15 is 0 Å². The molecule has 0 unspecified atom stereocenters. The fraction of sp³-hybridized carbons (Fsp3) is 0.130. The Balaban J connectivity index is 1.95. The topological polar surface area (TPSA) is 39.9 Å². The Morgan fingerprint density at radius 2 is 1.50 bits per heavy atom. The van der Waals surface area contributed by atoms with Gasteiger partial charge in [-0.25, -0.2) is 4.98 Å². The van der Waals surface area contributed by atoms with Crippen LogP contribution in [0.25, 0.3) is 33.9 Å². The first-order valence-corrected chi connectivity index (χ1v) is 9.22. The number of aromatic nitrogens is 3. The molecule has 0 aliphatic carbocycles. The van der Waals surface area contributed by atoms with Crippen LogP contribution in [-0.2, 0) is 17.6 Å². The average molecular weight is 409 g/mol. The van der Waals surface area contributed by atoms with Gasteiger partial charge in [0.15, 0.2) is 0 Å². The zero-order valence-electron chi connectivity index (χ0n) is 16.1. The number of hydrogen-bond donors (Lipinski definition) is 0. The molecule has 4 nitrogen and oxygen atoms in total. The van der Waals surface area contributed by atoms with Crippen molar-refractivity contribution in [1.82, 2.24) is 14.5 Å². The molecule has 4 rings (SSSR count). The van der Waals surface area contributed by atoms with Crippen molar-refractivity contribution in [3.05, 3.63) is 84.7 Å². The number of nitrogens with zero attached hydrogens (tertiary/aromatic N) is 3. The number of alkyl halides is 3. The average Bonchev–Trinajstić information content (AvgIpc) is 3.14. The van der Waals surface area contributed by atoms with Crippen LogP contribution in [0, 0.1) is 0 Å². The van der Waals surface area contributed by atoms with E-state index in [-0.39, 0.29) is 6.73 Å². The molecule has 4 aromatic rings. The van der Waals surface area contributed by atoms with Crippen molar-refractivity contribution >= 4 is 0 Å². The maximum absolute atomic E-state index is 13.0. The standard InChI is InChI=1S/C23H18F3N3O/c1-30-15-29-21(17-11-13-27-14-12-17)20(28-22(29)18-5-3-2-4-6-18)16-7-9-19(10-8-16)23(24,25)26/h2-14H,15H2,1H3. The van der Waals surface area contributed by atoms with Crippen LogP contribution < -0.4 is 0 Å². The molecule has 0 spiro atoms. The van der Waals surface area contributed by atoms with E-state index in [1.165, 1.54) is 12.1 Å². The SMILES string of the molecule is COCn1c(-c2ccccc2)nc(-c2ccc(C(F)(F)F)cc2)c1-c1ccncc1. The molecule has 0 radical (unpaired) electrons. The molecule has 0 aliphatic rings. The highest BCUT2D eigenvalue weighted by molar-refractivity contribution is 5.82. The van der Waals surface area contributed by atoms with Crippen molar-refractivity contribution in [2.75, 3.05) is 7.11 Å². The molecule has 0 saturated heterocycles. The van der Waals surface area contributed by atoms with Gasteiger partial charge in [-0.15, -0.1) is 0 Å². The number of ether oxygens (including phenoxy) is 1. The van der Waals surface area contributed by atoms with E-state index in [0.717, 1.165) is 29.0 Å². The number of hydrogen-bond acceptors (Lipinski definition) is 3. The summed E-state index contributed by atoms with van der Waals surface area (Å²) in [5.74, 6) is 0.666. The van der Waals surface area contributed by atoms with Crippen LogP contribution in [0.3, 0.4) is 0 Å². The molecular formula is C23H18F3N3O. The van der Waals surface area contributed by atoms with E-state index in [1.807, 2.05) is 47.0 Å². The van der Waals surface area contributed by atoms with Crippen molar-refractivity contribution < 1.29 is 17.9 Å². The Kier molecular flexibility index (Phi) is 5.37. The smallest absolute Gasteiger partial charge is 0.364 e. The third kappa shape index (κ3) is 3.84. The van der Waals surface area contributed by atoms with Gasteiger partial charge < -0.3 is 4.74 Å². The summed E-state index contributed by atoms with van der Waals surface area (Å²) in [7, 11) is 1.59. The van der Waals surface area contributed by atoms with E-state index < -0.39 is 11.7 Å². The number of rotatable bonds is 5. The van der Waals surface area contributed by atoms with Crippen molar-refractivity contribution in [3.8, 4) is 33.9 Å². The number of imidazole rings is 1. The Bertz CT molecular complexity index is 1120. The fourth-order valence-electron chi connectivity index (χ4n) is 3.34. The van der Waals surface area contributed by atoms with Crippen LogP contribution in [-0.4, -0.2) is 21.6 Å². The molecule has 2 aromatic carbocycles. The van der Waals surface area contributed by atoms with Gasteiger partial charge in [0.05, 0.1) is 17.0 Å². The van der Waals surface area contributed by atoms with Gasteiger partial charge in [-0.2, -0.15) is 13.2 Å². The van der Waals surface area contributed by atoms with E-state index in [9.17, 15) is 13.2 Å². The summed E-state index contributed by atoms with van der Waals surface area (Å²) in [4.78, 5) is 8.89. The van der Waals surface area contributed by atoms with E-state index in [4.69, 9.17) is 9.72 Å². The molecule has 2 aromatic heterocycles. The first kappa shape index (κ1) is 19.8. The minimum atomic E-state index is -4.39. The predicted octanol–water partition coefficient (Wildman–Crippen LogP) is 5.90. The first-order chi connectivity index (χ1) is 14.5. The summed E-state index contributed by atoms with van der Waals surface area (Å²) in [6.07, 6.45) is -1.06. The molecule has 7 heteroatoms. The summed E-state index contributed by atoms with van der Waals surface area (Å²) >= 11 is 0. The summed E-state index contributed by atoms with van der Waals surface area (Å²) in [5.41, 5.74) is 2.93. The summed E-state index contributed by atoms with van der Waals surface area (Å²) in [6, 6.07) is 18.3. The van der Waals surface area contributed by atoms with Crippen LogP contribution in [0.15, 0.2) is 79.1 Å². The number of pyridine rings is 1. The van der Waals surface area contributed by atoms with E-state index in [0.29, 0.717) is 17.1 Å². The van der Waals surface area contributed by atoms with Crippen LogP contribution in [0.4, 0.5) is 13.2 Å². The normalized spacial score (nSPS) is 11.6. The van der Waals surface area contributed by atoms with Gasteiger partial charge in [0, 0.05) is 36.2 Å². The third-order valence-electron chi connectivity index (χ3n) is 4.70. The molecule has 152 valence electrons. The lowest BCUT2D eigenvalue weighted by Crippen LogP contribution is -2.05. The Morgan fingerprint density at radius 3 is 2.10 bits per heavy atom. The highest BCUT2D eigenvalue weighted by atomic mass is 19.4. The highest BCUT2D eigenvalue weighted by Gasteiger charge is 2.30. The van der Waals surface area contributed by atoms with Gasteiger partial charge in [-0.1, -0.05) is 42.5 Å².